The third-order valence-corrected chi connectivity index (χ3v) is 4.17. The second-order valence-corrected chi connectivity index (χ2v) is 7.39. The SMILES string of the molecule is CCc1cc(OCC(C)(C)CS(N)(=O)=O)ccc1Cl. The lowest BCUT2D eigenvalue weighted by atomic mass is 9.98. The summed E-state index contributed by atoms with van der Waals surface area (Å²) in [4.78, 5) is 0. The molecular weight excluding hydrogens is 286 g/mol. The smallest absolute Gasteiger partial charge is 0.209 e. The van der Waals surface area contributed by atoms with Gasteiger partial charge in [-0.25, -0.2) is 13.6 Å². The topological polar surface area (TPSA) is 69.4 Å². The monoisotopic (exact) mass is 305 g/mol. The molecule has 1 rings (SSSR count). The minimum Gasteiger partial charge on any atom is -0.493 e. The number of sulfonamides is 1. The van der Waals surface area contributed by atoms with Gasteiger partial charge in [0, 0.05) is 10.4 Å². The van der Waals surface area contributed by atoms with Crippen LogP contribution >= 0.6 is 11.6 Å². The van der Waals surface area contributed by atoms with E-state index >= 15 is 0 Å². The molecule has 0 amide bonds. The maximum atomic E-state index is 11.1. The van der Waals surface area contributed by atoms with Gasteiger partial charge < -0.3 is 4.74 Å². The van der Waals surface area contributed by atoms with Crippen LogP contribution in [0.5, 0.6) is 5.75 Å². The number of benzene rings is 1. The minimum atomic E-state index is -3.51. The Morgan fingerprint density at radius 1 is 1.37 bits per heavy atom. The maximum absolute atomic E-state index is 11.1. The summed E-state index contributed by atoms with van der Waals surface area (Å²) in [5.41, 5.74) is 0.461. The molecule has 0 atom stereocenters. The Kier molecular flexibility index (Phi) is 5.24. The van der Waals surface area contributed by atoms with E-state index in [9.17, 15) is 8.42 Å². The van der Waals surface area contributed by atoms with Gasteiger partial charge >= 0.3 is 0 Å². The van der Waals surface area contributed by atoms with Crippen LogP contribution < -0.4 is 9.88 Å². The van der Waals surface area contributed by atoms with Crippen LogP contribution in [0.25, 0.3) is 0 Å². The molecule has 2 N–H and O–H groups in total. The van der Waals surface area contributed by atoms with Gasteiger partial charge in [0.05, 0.1) is 12.4 Å². The van der Waals surface area contributed by atoms with E-state index in [4.69, 9.17) is 21.5 Å². The molecule has 0 aliphatic carbocycles. The number of halogens is 1. The van der Waals surface area contributed by atoms with E-state index < -0.39 is 15.4 Å². The molecule has 6 heteroatoms. The Morgan fingerprint density at radius 2 is 2.00 bits per heavy atom. The lowest BCUT2D eigenvalue weighted by Crippen LogP contribution is -2.33. The van der Waals surface area contributed by atoms with E-state index in [2.05, 4.69) is 0 Å². The van der Waals surface area contributed by atoms with Crippen LogP contribution in [0.3, 0.4) is 0 Å². The molecule has 1 aromatic carbocycles. The van der Waals surface area contributed by atoms with Gasteiger partial charge in [-0.3, -0.25) is 0 Å². The number of hydrogen-bond acceptors (Lipinski definition) is 3. The van der Waals surface area contributed by atoms with E-state index in [0.29, 0.717) is 10.8 Å². The van der Waals surface area contributed by atoms with Gasteiger partial charge in [0.1, 0.15) is 5.75 Å². The predicted molar refractivity (Wildman–Crippen MR) is 78.1 cm³/mol. The standard InChI is InChI=1S/C13H20ClNO3S/c1-4-10-7-11(5-6-12(10)14)18-8-13(2,3)9-19(15,16)17/h5-7H,4,8-9H2,1-3H3,(H2,15,16,17). The molecule has 0 aromatic heterocycles. The highest BCUT2D eigenvalue weighted by Gasteiger charge is 2.25. The fourth-order valence-electron chi connectivity index (χ4n) is 1.78. The molecule has 0 radical (unpaired) electrons. The van der Waals surface area contributed by atoms with Gasteiger partial charge in [0.2, 0.25) is 10.0 Å². The minimum absolute atomic E-state index is 0.117. The van der Waals surface area contributed by atoms with Gasteiger partial charge in [-0.2, -0.15) is 0 Å². The van der Waals surface area contributed by atoms with Gasteiger partial charge in [0.25, 0.3) is 0 Å². The molecule has 4 nitrogen and oxygen atoms in total. The van der Waals surface area contributed by atoms with Crippen molar-refractivity contribution in [1.29, 1.82) is 0 Å². The first-order valence-electron chi connectivity index (χ1n) is 6.05. The van der Waals surface area contributed by atoms with E-state index in [1.54, 1.807) is 26.0 Å². The van der Waals surface area contributed by atoms with Crippen molar-refractivity contribution in [1.82, 2.24) is 0 Å². The zero-order valence-electron chi connectivity index (χ0n) is 11.4. The molecule has 0 heterocycles. The molecule has 1 aromatic rings. The van der Waals surface area contributed by atoms with Crippen molar-refractivity contribution < 1.29 is 13.2 Å². The largest absolute Gasteiger partial charge is 0.493 e. The fourth-order valence-corrected chi connectivity index (χ4v) is 3.20. The van der Waals surface area contributed by atoms with Crippen LogP contribution in [-0.4, -0.2) is 20.8 Å². The van der Waals surface area contributed by atoms with Gasteiger partial charge in [0.15, 0.2) is 0 Å². The van der Waals surface area contributed by atoms with Crippen LogP contribution in [0.4, 0.5) is 0 Å². The summed E-state index contributed by atoms with van der Waals surface area (Å²) in [5.74, 6) is 0.567. The van der Waals surface area contributed by atoms with E-state index in [0.717, 1.165) is 12.0 Å². The highest BCUT2D eigenvalue weighted by atomic mass is 35.5. The summed E-state index contributed by atoms with van der Waals surface area (Å²) < 4.78 is 27.9. The summed E-state index contributed by atoms with van der Waals surface area (Å²) >= 11 is 6.02. The van der Waals surface area contributed by atoms with Gasteiger partial charge in [-0.05, 0) is 30.2 Å². The molecule has 0 unspecified atom stereocenters. The molecule has 0 aliphatic heterocycles. The predicted octanol–water partition coefficient (Wildman–Crippen LogP) is 2.60. The molecule has 0 spiro atoms. The van der Waals surface area contributed by atoms with E-state index in [1.807, 2.05) is 13.0 Å². The third kappa shape index (κ3) is 5.80. The fraction of sp³-hybridized carbons (Fsp3) is 0.538. The summed E-state index contributed by atoms with van der Waals surface area (Å²) in [6, 6.07) is 5.42. The number of aryl methyl sites for hydroxylation is 1. The Morgan fingerprint density at radius 3 is 2.53 bits per heavy atom. The Bertz CT molecular complexity index is 541. The third-order valence-electron chi connectivity index (χ3n) is 2.62. The number of hydrogen-bond donors (Lipinski definition) is 1. The Balaban J connectivity index is 2.71. The van der Waals surface area contributed by atoms with Crippen LogP contribution in [-0.2, 0) is 16.4 Å². The molecule has 108 valence electrons. The highest BCUT2D eigenvalue weighted by molar-refractivity contribution is 7.89. The zero-order valence-corrected chi connectivity index (χ0v) is 13.0. The molecule has 19 heavy (non-hydrogen) atoms. The first kappa shape index (κ1) is 16.3. The second-order valence-electron chi connectivity index (χ2n) is 5.37. The van der Waals surface area contributed by atoms with Crippen LogP contribution in [0.2, 0.25) is 5.02 Å². The van der Waals surface area contributed by atoms with Crippen molar-refractivity contribution in [2.45, 2.75) is 27.2 Å². The summed E-state index contributed by atoms with van der Waals surface area (Å²) in [6.45, 7) is 5.88. The van der Waals surface area contributed by atoms with Gasteiger partial charge in [-0.15, -0.1) is 0 Å². The molecule has 0 bridgehead atoms. The lowest BCUT2D eigenvalue weighted by Gasteiger charge is -2.23. The highest BCUT2D eigenvalue weighted by Crippen LogP contribution is 2.25. The van der Waals surface area contributed by atoms with Crippen molar-refractivity contribution in [2.24, 2.45) is 10.6 Å². The molecule has 0 saturated carbocycles. The second kappa shape index (κ2) is 6.11. The number of nitrogens with two attached hydrogens (primary N) is 1. The zero-order chi connectivity index (χ0) is 14.7. The van der Waals surface area contributed by atoms with Crippen LogP contribution in [0.15, 0.2) is 18.2 Å². The van der Waals surface area contributed by atoms with E-state index in [1.165, 1.54) is 0 Å². The molecule has 0 aliphatic rings. The molecular formula is C13H20ClNO3S. The maximum Gasteiger partial charge on any atom is 0.209 e. The van der Waals surface area contributed by atoms with E-state index in [-0.39, 0.29) is 12.4 Å². The van der Waals surface area contributed by atoms with Crippen molar-refractivity contribution in [3.05, 3.63) is 28.8 Å². The van der Waals surface area contributed by atoms with Crippen LogP contribution in [0.1, 0.15) is 26.3 Å². The average Bonchev–Trinajstić information content (AvgIpc) is 2.25. The van der Waals surface area contributed by atoms with Crippen LogP contribution in [0, 0.1) is 5.41 Å². The van der Waals surface area contributed by atoms with Crippen molar-refractivity contribution in [2.75, 3.05) is 12.4 Å². The first-order chi connectivity index (χ1) is 8.63. The molecule has 0 fully saturated rings. The summed E-state index contributed by atoms with van der Waals surface area (Å²) in [6.07, 6.45) is 0.816. The lowest BCUT2D eigenvalue weighted by molar-refractivity contribution is 0.199. The normalized spacial score (nSPS) is 12.5. The quantitative estimate of drug-likeness (QED) is 0.878. The Hall–Kier alpha value is -0.780. The summed E-state index contributed by atoms with van der Waals surface area (Å²) in [7, 11) is -3.51. The van der Waals surface area contributed by atoms with Crippen molar-refractivity contribution in [3.63, 3.8) is 0 Å². The van der Waals surface area contributed by atoms with Crippen molar-refractivity contribution >= 4 is 21.6 Å². The average molecular weight is 306 g/mol. The van der Waals surface area contributed by atoms with Gasteiger partial charge in [-0.1, -0.05) is 32.4 Å². The summed E-state index contributed by atoms with van der Waals surface area (Å²) in [5, 5.41) is 5.76. The van der Waals surface area contributed by atoms with Crippen molar-refractivity contribution in [3.8, 4) is 5.75 Å². The number of rotatable bonds is 6. The Labute approximate surface area is 120 Å². The number of primary sulfonamides is 1. The molecule has 0 saturated heterocycles. The number of ether oxygens (including phenoxy) is 1. The first-order valence-corrected chi connectivity index (χ1v) is 8.14.